The van der Waals surface area contributed by atoms with Crippen LogP contribution in [0.3, 0.4) is 0 Å². The predicted octanol–water partition coefficient (Wildman–Crippen LogP) is 3.90. The quantitative estimate of drug-likeness (QED) is 0.872. The summed E-state index contributed by atoms with van der Waals surface area (Å²) in [5.41, 5.74) is 2.45. The van der Waals surface area contributed by atoms with Crippen molar-refractivity contribution in [3.8, 4) is 0 Å². The van der Waals surface area contributed by atoms with Crippen molar-refractivity contribution in [2.45, 2.75) is 19.0 Å². The number of aliphatic hydroxyl groups excluding tert-OH is 1. The van der Waals surface area contributed by atoms with E-state index >= 15 is 0 Å². The highest BCUT2D eigenvalue weighted by molar-refractivity contribution is 6.30. The number of halogens is 1. The van der Waals surface area contributed by atoms with Crippen LogP contribution >= 0.6 is 11.6 Å². The van der Waals surface area contributed by atoms with Gasteiger partial charge < -0.3 is 5.11 Å². The molecule has 106 valence electrons. The monoisotopic (exact) mass is 289 g/mol. The molecule has 0 bridgehead atoms. The molecule has 0 radical (unpaired) electrons. The highest BCUT2D eigenvalue weighted by Gasteiger charge is 2.16. The van der Waals surface area contributed by atoms with Crippen molar-refractivity contribution in [3.63, 3.8) is 0 Å². The van der Waals surface area contributed by atoms with Crippen LogP contribution < -0.4 is 0 Å². The number of hydrogen-bond acceptors (Lipinski definition) is 2. The van der Waals surface area contributed by atoms with E-state index in [4.69, 9.17) is 11.6 Å². The average Bonchev–Trinajstić information content (AvgIpc) is 2.47. The van der Waals surface area contributed by atoms with Gasteiger partial charge in [0.25, 0.3) is 0 Å². The Balaban J connectivity index is 2.13. The maximum Gasteiger partial charge on any atom is 0.0449 e. The first-order chi connectivity index (χ1) is 9.70. The molecule has 2 nitrogen and oxygen atoms in total. The molecule has 3 heteroatoms. The standard InChI is InChI=1S/C17H20ClNO/c1-19(13-14-5-3-2-4-6-14)17(11-12-20)15-7-9-16(18)10-8-15/h2-10,17,20H,11-13H2,1H3. The topological polar surface area (TPSA) is 23.5 Å². The molecular formula is C17H20ClNO. The molecule has 1 N–H and O–H groups in total. The number of aliphatic hydroxyl groups is 1. The lowest BCUT2D eigenvalue weighted by atomic mass is 10.0. The molecule has 0 aliphatic rings. The summed E-state index contributed by atoms with van der Waals surface area (Å²) < 4.78 is 0. The molecule has 0 aromatic heterocycles. The van der Waals surface area contributed by atoms with Crippen LogP contribution in [0.5, 0.6) is 0 Å². The summed E-state index contributed by atoms with van der Waals surface area (Å²) in [7, 11) is 2.09. The number of benzene rings is 2. The average molecular weight is 290 g/mol. The fourth-order valence-corrected chi connectivity index (χ4v) is 2.56. The first kappa shape index (κ1) is 15.0. The highest BCUT2D eigenvalue weighted by Crippen LogP contribution is 2.25. The third-order valence-electron chi connectivity index (χ3n) is 3.46. The SMILES string of the molecule is CN(Cc1ccccc1)C(CCO)c1ccc(Cl)cc1. The van der Waals surface area contributed by atoms with Gasteiger partial charge in [-0.1, -0.05) is 54.1 Å². The summed E-state index contributed by atoms with van der Waals surface area (Å²) in [6.07, 6.45) is 0.713. The van der Waals surface area contributed by atoms with Crippen LogP contribution in [0.4, 0.5) is 0 Å². The molecule has 1 atom stereocenters. The third-order valence-corrected chi connectivity index (χ3v) is 3.72. The molecule has 1 unspecified atom stereocenters. The van der Waals surface area contributed by atoms with Gasteiger partial charge in [-0.15, -0.1) is 0 Å². The van der Waals surface area contributed by atoms with Crippen LogP contribution in [0.15, 0.2) is 54.6 Å². The zero-order chi connectivity index (χ0) is 14.4. The van der Waals surface area contributed by atoms with Crippen molar-refractivity contribution < 1.29 is 5.11 Å². The lowest BCUT2D eigenvalue weighted by Crippen LogP contribution is -2.25. The van der Waals surface area contributed by atoms with E-state index in [-0.39, 0.29) is 12.6 Å². The van der Waals surface area contributed by atoms with E-state index in [0.717, 1.165) is 11.6 Å². The van der Waals surface area contributed by atoms with Gasteiger partial charge in [0.15, 0.2) is 0 Å². The molecule has 0 aliphatic heterocycles. The second kappa shape index (κ2) is 7.44. The molecule has 20 heavy (non-hydrogen) atoms. The van der Waals surface area contributed by atoms with E-state index in [9.17, 15) is 5.11 Å². The van der Waals surface area contributed by atoms with Gasteiger partial charge >= 0.3 is 0 Å². The van der Waals surface area contributed by atoms with Crippen LogP contribution in [-0.2, 0) is 6.54 Å². The molecule has 0 spiro atoms. The van der Waals surface area contributed by atoms with Gasteiger partial charge in [-0.25, -0.2) is 0 Å². The molecule has 2 rings (SSSR count). The largest absolute Gasteiger partial charge is 0.396 e. The Bertz CT molecular complexity index is 512. The van der Waals surface area contributed by atoms with Crippen molar-refractivity contribution in [2.75, 3.05) is 13.7 Å². The molecule has 0 saturated carbocycles. The van der Waals surface area contributed by atoms with E-state index in [2.05, 4.69) is 24.1 Å². The second-order valence-electron chi connectivity index (χ2n) is 4.98. The minimum Gasteiger partial charge on any atom is -0.396 e. The summed E-state index contributed by atoms with van der Waals surface area (Å²) >= 11 is 5.94. The Kier molecular flexibility index (Phi) is 5.60. The van der Waals surface area contributed by atoms with Crippen LogP contribution in [-0.4, -0.2) is 23.7 Å². The van der Waals surface area contributed by atoms with Crippen molar-refractivity contribution in [3.05, 3.63) is 70.7 Å². The Hall–Kier alpha value is -1.35. The van der Waals surface area contributed by atoms with Crippen molar-refractivity contribution in [2.24, 2.45) is 0 Å². The van der Waals surface area contributed by atoms with Gasteiger partial charge in [0, 0.05) is 24.2 Å². The number of hydrogen-bond donors (Lipinski definition) is 1. The van der Waals surface area contributed by atoms with Crippen LogP contribution in [0.1, 0.15) is 23.6 Å². The molecule has 0 fully saturated rings. The van der Waals surface area contributed by atoms with E-state index in [0.29, 0.717) is 6.42 Å². The Morgan fingerprint density at radius 2 is 1.70 bits per heavy atom. The third kappa shape index (κ3) is 4.07. The van der Waals surface area contributed by atoms with Gasteiger partial charge in [-0.3, -0.25) is 4.90 Å². The minimum atomic E-state index is 0.173. The predicted molar refractivity (Wildman–Crippen MR) is 83.8 cm³/mol. The van der Waals surface area contributed by atoms with Crippen molar-refractivity contribution in [1.29, 1.82) is 0 Å². The van der Waals surface area contributed by atoms with E-state index < -0.39 is 0 Å². The molecule has 0 heterocycles. The van der Waals surface area contributed by atoms with E-state index in [1.807, 2.05) is 42.5 Å². The molecule has 2 aromatic rings. The number of nitrogens with zero attached hydrogens (tertiary/aromatic N) is 1. The molecular weight excluding hydrogens is 270 g/mol. The number of rotatable bonds is 6. The minimum absolute atomic E-state index is 0.173. The van der Waals surface area contributed by atoms with E-state index in [1.54, 1.807) is 0 Å². The summed E-state index contributed by atoms with van der Waals surface area (Å²) in [4.78, 5) is 2.26. The van der Waals surface area contributed by atoms with Crippen LogP contribution in [0.2, 0.25) is 5.02 Å². The van der Waals surface area contributed by atoms with E-state index in [1.165, 1.54) is 11.1 Å². The smallest absolute Gasteiger partial charge is 0.0449 e. The Morgan fingerprint density at radius 3 is 2.30 bits per heavy atom. The van der Waals surface area contributed by atoms with Gasteiger partial charge in [0.05, 0.1) is 0 Å². The summed E-state index contributed by atoms with van der Waals surface area (Å²) in [6, 6.07) is 18.4. The molecule has 0 amide bonds. The first-order valence-corrected chi connectivity index (χ1v) is 7.19. The van der Waals surface area contributed by atoms with Gasteiger partial charge in [0.1, 0.15) is 0 Å². The zero-order valence-electron chi connectivity index (χ0n) is 11.7. The fraction of sp³-hybridized carbons (Fsp3) is 0.294. The van der Waals surface area contributed by atoms with Gasteiger partial charge in [0.2, 0.25) is 0 Å². The second-order valence-corrected chi connectivity index (χ2v) is 5.42. The van der Waals surface area contributed by atoms with Crippen LogP contribution in [0.25, 0.3) is 0 Å². The lowest BCUT2D eigenvalue weighted by Gasteiger charge is -2.28. The summed E-state index contributed by atoms with van der Waals surface area (Å²) in [5, 5.41) is 10.1. The van der Waals surface area contributed by atoms with Crippen LogP contribution in [0, 0.1) is 0 Å². The molecule has 0 aliphatic carbocycles. The maximum absolute atomic E-state index is 9.31. The Labute approximate surface area is 125 Å². The van der Waals surface area contributed by atoms with Gasteiger partial charge in [-0.05, 0) is 36.7 Å². The fourth-order valence-electron chi connectivity index (χ4n) is 2.43. The zero-order valence-corrected chi connectivity index (χ0v) is 12.4. The first-order valence-electron chi connectivity index (χ1n) is 6.81. The van der Waals surface area contributed by atoms with Crippen molar-refractivity contribution >= 4 is 11.6 Å². The normalized spacial score (nSPS) is 12.6. The maximum atomic E-state index is 9.31. The highest BCUT2D eigenvalue weighted by atomic mass is 35.5. The summed E-state index contributed by atoms with van der Waals surface area (Å²) in [6.45, 7) is 1.03. The van der Waals surface area contributed by atoms with Gasteiger partial charge in [-0.2, -0.15) is 0 Å². The molecule has 2 aromatic carbocycles. The molecule has 0 saturated heterocycles. The van der Waals surface area contributed by atoms with Crippen molar-refractivity contribution in [1.82, 2.24) is 4.90 Å². The lowest BCUT2D eigenvalue weighted by molar-refractivity contribution is 0.180. The Morgan fingerprint density at radius 1 is 1.05 bits per heavy atom. The summed E-state index contributed by atoms with van der Waals surface area (Å²) in [5.74, 6) is 0.